The first kappa shape index (κ1) is 42.1. The van der Waals surface area contributed by atoms with Gasteiger partial charge in [0.05, 0.1) is 39.1 Å². The molecule has 20 nitrogen and oxygen atoms in total. The summed E-state index contributed by atoms with van der Waals surface area (Å²) in [6.07, 6.45) is -15.1. The molecule has 0 radical (unpaired) electrons. The van der Waals surface area contributed by atoms with Crippen molar-refractivity contribution in [1.29, 1.82) is 0 Å². The van der Waals surface area contributed by atoms with Crippen LogP contribution in [-0.2, 0) is 28.5 Å². The summed E-state index contributed by atoms with van der Waals surface area (Å²) in [6.45, 7) is -1.47. The Labute approximate surface area is 328 Å². The van der Waals surface area contributed by atoms with Crippen LogP contribution < -0.4 is 9.47 Å². The number of hydrogen-bond donors (Lipinski definition) is 11. The number of carbonyl (C=O) groups is 1. The Hall–Kier alpha value is -5.55. The number of aromatic hydroxyl groups is 6. The van der Waals surface area contributed by atoms with Crippen LogP contribution in [0.15, 0.2) is 54.3 Å². The predicted octanol–water partition coefficient (Wildman–Crippen LogP) is -0.526. The number of phenols is 5. The first-order valence-electron chi connectivity index (χ1n) is 17.6. The largest absolute Gasteiger partial charge is 0.571 e. The summed E-state index contributed by atoms with van der Waals surface area (Å²) >= 11 is 0. The number of benzene rings is 3. The minimum absolute atomic E-state index is 0.0326. The number of ether oxygens (including phenoxy) is 8. The van der Waals surface area contributed by atoms with E-state index in [1.807, 2.05) is 0 Å². The summed E-state index contributed by atoms with van der Waals surface area (Å²) in [5.74, 6) is -3.03. The molecule has 3 aromatic rings. The Morgan fingerprint density at radius 3 is 2.10 bits per heavy atom. The van der Waals surface area contributed by atoms with Crippen LogP contribution in [0.5, 0.6) is 46.0 Å². The van der Waals surface area contributed by atoms with Crippen molar-refractivity contribution in [3.05, 3.63) is 71.0 Å². The summed E-state index contributed by atoms with van der Waals surface area (Å²) < 4.78 is 43.5. The number of esters is 1. The number of fused-ring (bicyclic) bond motifs is 1. The van der Waals surface area contributed by atoms with Crippen LogP contribution in [0.1, 0.15) is 22.8 Å². The molecule has 58 heavy (non-hydrogen) atoms. The highest BCUT2D eigenvalue weighted by atomic mass is 16.7. The summed E-state index contributed by atoms with van der Waals surface area (Å²) in [6, 6.07) is 8.82. The number of methoxy groups -OCH3 is 2. The Morgan fingerprint density at radius 1 is 0.776 bits per heavy atom. The molecule has 3 aliphatic heterocycles. The molecule has 0 bridgehead atoms. The lowest BCUT2D eigenvalue weighted by Crippen LogP contribution is -2.62. The second kappa shape index (κ2) is 17.5. The smallest absolute Gasteiger partial charge is 0.331 e. The van der Waals surface area contributed by atoms with Crippen LogP contribution >= 0.6 is 0 Å². The van der Waals surface area contributed by atoms with Crippen molar-refractivity contribution in [1.82, 2.24) is 0 Å². The molecule has 0 aliphatic carbocycles. The van der Waals surface area contributed by atoms with E-state index in [0.717, 1.165) is 12.1 Å². The molecule has 2 saturated heterocycles. The van der Waals surface area contributed by atoms with Gasteiger partial charge in [0, 0.05) is 18.2 Å². The third-order valence-corrected chi connectivity index (χ3v) is 9.59. The third-order valence-electron chi connectivity index (χ3n) is 9.59. The Kier molecular flexibility index (Phi) is 12.7. The number of phenolic OH excluding ortho intramolecular Hbond substituents is 5. The maximum Gasteiger partial charge on any atom is 0.331 e. The van der Waals surface area contributed by atoms with Crippen molar-refractivity contribution in [2.75, 3.05) is 27.4 Å². The average molecular weight is 820 g/mol. The van der Waals surface area contributed by atoms with E-state index < -0.39 is 104 Å². The zero-order chi connectivity index (χ0) is 42.0. The minimum atomic E-state index is -1.99. The van der Waals surface area contributed by atoms with E-state index in [9.17, 15) is 61.0 Å². The minimum Gasteiger partial charge on any atom is -0.571 e. The molecule has 0 amide bonds. The second-order valence-electron chi connectivity index (χ2n) is 13.4. The molecule has 2 fully saturated rings. The van der Waals surface area contributed by atoms with Crippen LogP contribution in [-0.4, -0.2) is 156 Å². The van der Waals surface area contributed by atoms with Gasteiger partial charge in [0.15, 0.2) is 41.2 Å². The lowest BCUT2D eigenvalue weighted by atomic mass is 9.97. The van der Waals surface area contributed by atoms with E-state index in [1.54, 1.807) is 0 Å². The van der Waals surface area contributed by atoms with Gasteiger partial charge in [-0.1, -0.05) is 0 Å². The summed E-state index contributed by atoms with van der Waals surface area (Å²) in [7, 11) is 2.61. The van der Waals surface area contributed by atoms with Gasteiger partial charge >= 0.3 is 5.97 Å². The Bertz CT molecular complexity index is 1990. The van der Waals surface area contributed by atoms with Gasteiger partial charge in [-0.2, -0.15) is 0 Å². The topological polar surface area (TPSA) is 317 Å². The van der Waals surface area contributed by atoms with Crippen LogP contribution in [0.25, 0.3) is 12.2 Å². The second-order valence-corrected chi connectivity index (χ2v) is 13.4. The molecular weight excluding hydrogens is 776 g/mol. The maximum atomic E-state index is 13.2. The van der Waals surface area contributed by atoms with Crippen LogP contribution in [0, 0.1) is 0 Å². The number of hydrogen-bond acceptors (Lipinski definition) is 19. The van der Waals surface area contributed by atoms with Crippen molar-refractivity contribution >= 4 is 18.1 Å². The van der Waals surface area contributed by atoms with Gasteiger partial charge in [-0.05, 0) is 42.0 Å². The summed E-state index contributed by atoms with van der Waals surface area (Å²) in [4.78, 5) is 13.2. The molecule has 314 valence electrons. The van der Waals surface area contributed by atoms with Crippen LogP contribution in [0.2, 0.25) is 0 Å². The van der Waals surface area contributed by atoms with Crippen molar-refractivity contribution < 1.29 is 98.9 Å². The van der Waals surface area contributed by atoms with E-state index in [4.69, 9.17) is 33.2 Å². The fraction of sp³-hybridized carbons (Fsp3) is 0.395. The quantitative estimate of drug-likeness (QED) is 0.0474. The summed E-state index contributed by atoms with van der Waals surface area (Å²) in [5, 5.41) is 115. The van der Waals surface area contributed by atoms with Crippen LogP contribution in [0.4, 0.5) is 0 Å². The zero-order valence-electron chi connectivity index (χ0n) is 30.7. The van der Waals surface area contributed by atoms with Gasteiger partial charge in [0.25, 0.3) is 11.9 Å². The normalized spacial score (nSPS) is 29.5. The fourth-order valence-electron chi connectivity index (χ4n) is 6.49. The van der Waals surface area contributed by atoms with Gasteiger partial charge in [-0.3, -0.25) is 0 Å². The molecule has 0 spiro atoms. The molecule has 1 unspecified atom stereocenters. The van der Waals surface area contributed by atoms with E-state index in [-0.39, 0.29) is 45.6 Å². The first-order chi connectivity index (χ1) is 27.6. The van der Waals surface area contributed by atoms with Crippen molar-refractivity contribution in [2.24, 2.45) is 0 Å². The van der Waals surface area contributed by atoms with Crippen molar-refractivity contribution in [2.45, 2.75) is 67.5 Å². The van der Waals surface area contributed by atoms with Gasteiger partial charge in [0.2, 0.25) is 12.0 Å². The van der Waals surface area contributed by atoms with E-state index >= 15 is 0 Å². The lowest BCUT2D eigenvalue weighted by molar-refractivity contribution is -0.329. The molecule has 0 saturated carbocycles. The van der Waals surface area contributed by atoms with E-state index in [0.29, 0.717) is 5.56 Å². The van der Waals surface area contributed by atoms with Crippen LogP contribution in [0.3, 0.4) is 0 Å². The number of rotatable bonds is 12. The zero-order valence-corrected chi connectivity index (χ0v) is 30.7. The van der Waals surface area contributed by atoms with Gasteiger partial charge in [-0.25, -0.2) is 4.79 Å². The highest BCUT2D eigenvalue weighted by molar-refractivity contribution is 5.87. The SMILES string of the molecule is COc1cc(/C=C/C(=O)O[C@@H]2[C@@H](O)[C@H](O)[C@H](OC3=Cc4c(O)cc(O)cc4[OH+]C3c3ccc(O)c(O)c3)O[C@@H]2CO[C@@H]2O[C@H](CO)[C@@H](O)[C@@H](O)[C@H]2O)cc(OC)c1O. The molecule has 20 heteroatoms. The monoisotopic (exact) mass is 819 g/mol. The highest BCUT2D eigenvalue weighted by Crippen LogP contribution is 2.46. The van der Waals surface area contributed by atoms with E-state index in [2.05, 4.69) is 4.74 Å². The van der Waals surface area contributed by atoms with E-state index in [1.165, 1.54) is 62.8 Å². The Morgan fingerprint density at radius 2 is 1.45 bits per heavy atom. The summed E-state index contributed by atoms with van der Waals surface area (Å²) in [5.41, 5.74) is 0.624. The van der Waals surface area contributed by atoms with Gasteiger partial charge in [0.1, 0.15) is 59.8 Å². The lowest BCUT2D eigenvalue weighted by Gasteiger charge is -2.43. The number of aliphatic hydroxyl groups excluding tert-OH is 6. The average Bonchev–Trinajstić information content (AvgIpc) is 3.20. The molecule has 12 N–H and O–H groups in total. The highest BCUT2D eigenvalue weighted by Gasteiger charge is 2.51. The van der Waals surface area contributed by atoms with Crippen molar-refractivity contribution in [3.8, 4) is 46.0 Å². The molecule has 3 aromatic carbocycles. The number of aliphatic hydroxyl groups is 7. The van der Waals surface area contributed by atoms with Gasteiger partial charge < -0.3 is 94.1 Å². The Balaban J connectivity index is 1.29. The molecule has 3 heterocycles. The molecule has 3 aliphatic rings. The van der Waals surface area contributed by atoms with Gasteiger partial charge in [-0.15, -0.1) is 0 Å². The maximum absolute atomic E-state index is 13.2. The van der Waals surface area contributed by atoms with Crippen molar-refractivity contribution in [3.63, 3.8) is 0 Å². The third kappa shape index (κ3) is 8.65. The molecule has 0 aromatic heterocycles. The molecular formula is C38H43O20+. The molecule has 6 rings (SSSR count). The molecule has 11 atom stereocenters. The fourth-order valence-corrected chi connectivity index (χ4v) is 6.49. The predicted molar refractivity (Wildman–Crippen MR) is 194 cm³/mol. The standard InChI is InChI=1S/C38H42O20/c1-51-23-7-15(8-24(52-2)29(23)45)3-6-28(44)58-36-27(14-53-37-33(49)31(47)30(46)26(13-39)56-37)57-38(34(50)32(36)48)55-25-12-18-20(42)10-17(40)11-22(18)54-35(25)16-4-5-19(41)21(43)9-16/h3-12,26-27,30-43,45-50H,13-14H2,1-2H3/p+1/b6-3+/t26-,27-,30-,31-,32+,33-,34+,35?,36+,37-,38-/m1/s1. The first-order valence-corrected chi connectivity index (χ1v) is 17.6. The number of carbonyl (C=O) groups excluding carboxylic acids is 1.